The molecule has 0 aromatic heterocycles. The van der Waals surface area contributed by atoms with Gasteiger partial charge in [-0.15, -0.1) is 0 Å². The molecule has 8 unspecified atom stereocenters. The molecule has 6 aliphatic rings. The van der Waals surface area contributed by atoms with Crippen molar-refractivity contribution in [2.24, 2.45) is 46.3 Å². The van der Waals surface area contributed by atoms with E-state index in [1.54, 1.807) is 25.7 Å². The molecule has 0 amide bonds. The second-order valence-corrected chi connectivity index (χ2v) is 11.5. The smallest absolute Gasteiger partial charge is 0.0122 e. The van der Waals surface area contributed by atoms with Crippen LogP contribution in [0.25, 0.3) is 0 Å². The quantitative estimate of drug-likeness (QED) is 0.550. The monoisotopic (exact) mass is 301 g/mol. The number of hydrogen-bond acceptors (Lipinski definition) is 0. The molecule has 126 valence electrons. The summed E-state index contributed by atoms with van der Waals surface area (Å²) in [6.07, 6.45) is 6.25. The van der Waals surface area contributed by atoms with Crippen LogP contribution in [0.3, 0.4) is 0 Å². The zero-order chi connectivity index (χ0) is 16.0. The maximum Gasteiger partial charge on any atom is -0.0122 e. The van der Waals surface area contributed by atoms with Gasteiger partial charge in [0.2, 0.25) is 0 Å². The molecule has 0 aliphatic heterocycles. The Balaban J connectivity index is 1.49. The van der Waals surface area contributed by atoms with Gasteiger partial charge in [-0.3, -0.25) is 0 Å². The summed E-state index contributed by atoms with van der Waals surface area (Å²) in [5.41, 5.74) is 1.33. The summed E-state index contributed by atoms with van der Waals surface area (Å²) in [7, 11) is 0. The Morgan fingerprint density at radius 3 is 1.32 bits per heavy atom. The SMILES string of the molecule is C[BH-](C1CC2CC(C1C)C2(C)C)C1CC2CC(C1C)C2(C)C. The molecule has 4 bridgehead atoms. The Bertz CT molecular complexity index is 423. The molecule has 0 saturated heterocycles. The second-order valence-electron chi connectivity index (χ2n) is 11.5. The van der Waals surface area contributed by atoms with Crippen LogP contribution < -0.4 is 0 Å². The van der Waals surface area contributed by atoms with E-state index in [1.165, 1.54) is 0 Å². The molecule has 0 aromatic rings. The van der Waals surface area contributed by atoms with Crippen LogP contribution in [0.15, 0.2) is 0 Å². The van der Waals surface area contributed by atoms with Crippen molar-refractivity contribution in [1.29, 1.82) is 0 Å². The van der Waals surface area contributed by atoms with Crippen LogP contribution in [0.1, 0.15) is 67.2 Å². The van der Waals surface area contributed by atoms with Gasteiger partial charge < -0.3 is 0 Å². The summed E-state index contributed by atoms with van der Waals surface area (Å²) in [6.45, 7) is 18.2. The highest BCUT2D eigenvalue weighted by molar-refractivity contribution is 6.61. The summed E-state index contributed by atoms with van der Waals surface area (Å²) in [5.74, 6) is 8.39. The zero-order valence-electron chi connectivity index (χ0n) is 16.2. The first kappa shape index (κ1) is 15.6. The Morgan fingerprint density at radius 2 is 1.05 bits per heavy atom. The van der Waals surface area contributed by atoms with Crippen molar-refractivity contribution in [2.75, 3.05) is 0 Å². The first-order chi connectivity index (χ1) is 10.2. The third-order valence-corrected chi connectivity index (χ3v) is 10.7. The highest BCUT2D eigenvalue weighted by Crippen LogP contribution is 2.69. The van der Waals surface area contributed by atoms with E-state index in [1.807, 2.05) is 0 Å². The molecule has 6 fully saturated rings. The van der Waals surface area contributed by atoms with E-state index in [0.29, 0.717) is 10.8 Å². The van der Waals surface area contributed by atoms with Crippen LogP contribution in [0.5, 0.6) is 0 Å². The molecular formula is C21H38B-. The maximum absolute atomic E-state index is 2.72. The minimum atomic E-state index is 0.0187. The maximum atomic E-state index is 2.72. The fourth-order valence-corrected chi connectivity index (χ4v) is 8.60. The predicted octanol–water partition coefficient (Wildman–Crippen LogP) is 5.99. The van der Waals surface area contributed by atoms with Gasteiger partial charge in [-0.25, -0.2) is 0 Å². The van der Waals surface area contributed by atoms with Gasteiger partial charge in [0.1, 0.15) is 0 Å². The van der Waals surface area contributed by atoms with E-state index in [2.05, 4.69) is 48.4 Å². The minimum absolute atomic E-state index is 0.0187. The molecule has 1 heteroatoms. The Morgan fingerprint density at radius 1 is 0.682 bits per heavy atom. The van der Waals surface area contributed by atoms with Gasteiger partial charge in [-0.05, 0) is 54.1 Å². The minimum Gasteiger partial charge on any atom is -0.192 e. The highest BCUT2D eigenvalue weighted by Gasteiger charge is 2.58. The summed E-state index contributed by atoms with van der Waals surface area (Å²) in [6, 6.07) is 0. The number of hydrogen-bond donors (Lipinski definition) is 0. The third kappa shape index (κ3) is 1.78. The molecule has 6 saturated carbocycles. The molecule has 0 nitrogen and oxygen atoms in total. The van der Waals surface area contributed by atoms with Gasteiger partial charge in [0, 0.05) is 0 Å². The van der Waals surface area contributed by atoms with Crippen LogP contribution in [0, 0.1) is 46.3 Å². The van der Waals surface area contributed by atoms with Gasteiger partial charge in [-0.1, -0.05) is 66.2 Å². The molecule has 0 radical (unpaired) electrons. The van der Waals surface area contributed by atoms with Crippen LogP contribution in [-0.2, 0) is 0 Å². The van der Waals surface area contributed by atoms with Crippen molar-refractivity contribution >= 4 is 6.71 Å². The lowest BCUT2D eigenvalue weighted by Gasteiger charge is -2.69. The molecular weight excluding hydrogens is 263 g/mol. The van der Waals surface area contributed by atoms with E-state index in [-0.39, 0.29) is 6.71 Å². The van der Waals surface area contributed by atoms with Crippen LogP contribution in [0.4, 0.5) is 0 Å². The lowest BCUT2D eigenvalue weighted by molar-refractivity contribution is -0.107. The highest BCUT2D eigenvalue weighted by atomic mass is 14.6. The molecule has 22 heavy (non-hydrogen) atoms. The lowest BCUT2D eigenvalue weighted by Crippen LogP contribution is -2.59. The number of fused-ring (bicyclic) bond motifs is 4. The van der Waals surface area contributed by atoms with Crippen molar-refractivity contribution in [2.45, 2.75) is 85.7 Å². The molecule has 6 aliphatic carbocycles. The van der Waals surface area contributed by atoms with Crippen molar-refractivity contribution in [1.82, 2.24) is 0 Å². The number of rotatable bonds is 2. The van der Waals surface area contributed by atoms with Gasteiger partial charge in [0.15, 0.2) is 0 Å². The van der Waals surface area contributed by atoms with Gasteiger partial charge in [0.05, 0.1) is 0 Å². The van der Waals surface area contributed by atoms with Crippen molar-refractivity contribution in [3.05, 3.63) is 0 Å². The van der Waals surface area contributed by atoms with E-state index < -0.39 is 0 Å². The van der Waals surface area contributed by atoms with Crippen LogP contribution in [0.2, 0.25) is 18.5 Å². The normalized spacial score (nSPS) is 55.8. The van der Waals surface area contributed by atoms with E-state index in [4.69, 9.17) is 0 Å². The van der Waals surface area contributed by atoms with Crippen LogP contribution >= 0.6 is 0 Å². The first-order valence-corrected chi connectivity index (χ1v) is 10.4. The molecule has 8 atom stereocenters. The lowest BCUT2D eigenvalue weighted by atomic mass is 9.22. The van der Waals surface area contributed by atoms with Crippen LogP contribution in [-0.4, -0.2) is 6.71 Å². The molecule has 0 aromatic carbocycles. The van der Waals surface area contributed by atoms with Gasteiger partial charge in [0.25, 0.3) is 0 Å². The molecule has 0 spiro atoms. The first-order valence-electron chi connectivity index (χ1n) is 10.4. The standard InChI is InChI=1S/C21H38B/c1-12-16-8-14(20(16,3)4)10-18(12)22(7)19-11-15-9-17(13(19)2)21(15,5)6/h12-19,22H,8-11H2,1-7H3/q-1. The Kier molecular flexibility index (Phi) is 3.24. The average molecular weight is 301 g/mol. The van der Waals surface area contributed by atoms with Crippen molar-refractivity contribution in [3.63, 3.8) is 0 Å². The fraction of sp³-hybridized carbons (Fsp3) is 1.00. The summed E-state index contributed by atoms with van der Waals surface area (Å²) >= 11 is 0. The summed E-state index contributed by atoms with van der Waals surface area (Å²) in [5, 5.41) is 0. The topological polar surface area (TPSA) is 0 Å². The molecule has 0 N–H and O–H groups in total. The Labute approximate surface area is 139 Å². The van der Waals surface area contributed by atoms with E-state index >= 15 is 0 Å². The van der Waals surface area contributed by atoms with Crippen molar-refractivity contribution in [3.8, 4) is 0 Å². The molecule has 6 rings (SSSR count). The zero-order valence-corrected chi connectivity index (χ0v) is 16.2. The average Bonchev–Trinajstić information content (AvgIpc) is 2.45. The molecule has 0 heterocycles. The Hall–Kier alpha value is 0.0649. The fourth-order valence-electron chi connectivity index (χ4n) is 8.60. The third-order valence-electron chi connectivity index (χ3n) is 10.7. The largest absolute Gasteiger partial charge is 0.192 e. The summed E-state index contributed by atoms with van der Waals surface area (Å²) in [4.78, 5) is 0. The van der Waals surface area contributed by atoms with E-state index in [0.717, 1.165) is 47.1 Å². The second kappa shape index (κ2) is 4.57. The summed E-state index contributed by atoms with van der Waals surface area (Å²) < 4.78 is 0. The van der Waals surface area contributed by atoms with Gasteiger partial charge >= 0.3 is 0 Å². The predicted molar refractivity (Wildman–Crippen MR) is 98.8 cm³/mol. The van der Waals surface area contributed by atoms with E-state index in [9.17, 15) is 0 Å². The van der Waals surface area contributed by atoms with Gasteiger partial charge in [-0.2, -0.15) is 18.5 Å². The van der Waals surface area contributed by atoms with Crippen molar-refractivity contribution < 1.29 is 0 Å².